The minimum Gasteiger partial charge on any atom is -0.492 e. The van der Waals surface area contributed by atoms with Crippen molar-refractivity contribution in [2.45, 2.75) is 12.8 Å². The van der Waals surface area contributed by atoms with Crippen molar-refractivity contribution < 1.29 is 9.53 Å². The lowest BCUT2D eigenvalue weighted by atomic mass is 9.92. The van der Waals surface area contributed by atoms with Crippen LogP contribution in [0.4, 0.5) is 0 Å². The average molecular weight is 277 g/mol. The van der Waals surface area contributed by atoms with Gasteiger partial charge in [0.15, 0.2) is 5.78 Å². The third-order valence-electron chi connectivity index (χ3n) is 4.12. The number of hydrogen-bond acceptors (Lipinski definition) is 2. The number of aryl methyl sites for hydroxylation is 1. The van der Waals surface area contributed by atoms with Crippen molar-refractivity contribution in [1.82, 2.24) is 4.98 Å². The number of ether oxygens (including phenoxy) is 1. The zero-order valence-corrected chi connectivity index (χ0v) is 11.7. The molecule has 0 amide bonds. The molecule has 1 aliphatic heterocycles. The van der Waals surface area contributed by atoms with E-state index < -0.39 is 0 Å². The quantitative estimate of drug-likeness (QED) is 0.723. The number of nitrogens with one attached hydrogen (secondary N) is 1. The summed E-state index contributed by atoms with van der Waals surface area (Å²) in [4.78, 5) is 16.1. The van der Waals surface area contributed by atoms with Crippen LogP contribution in [0, 0.1) is 6.92 Å². The molecule has 2 aromatic carbocycles. The van der Waals surface area contributed by atoms with Crippen LogP contribution >= 0.6 is 0 Å². The van der Waals surface area contributed by atoms with Gasteiger partial charge in [-0.1, -0.05) is 29.8 Å². The van der Waals surface area contributed by atoms with Crippen molar-refractivity contribution in [2.24, 2.45) is 0 Å². The summed E-state index contributed by atoms with van der Waals surface area (Å²) in [5.74, 6) is 0.740. The van der Waals surface area contributed by atoms with Crippen LogP contribution in [0.3, 0.4) is 0 Å². The number of para-hydroxylation sites is 1. The van der Waals surface area contributed by atoms with E-state index in [0.29, 0.717) is 6.61 Å². The van der Waals surface area contributed by atoms with Gasteiger partial charge in [-0.05, 0) is 25.1 Å². The molecule has 2 heterocycles. The highest BCUT2D eigenvalue weighted by molar-refractivity contribution is 6.11. The molecule has 1 aromatic heterocycles. The third-order valence-corrected chi connectivity index (χ3v) is 4.12. The molecule has 0 fully saturated rings. The van der Waals surface area contributed by atoms with Gasteiger partial charge in [-0.25, -0.2) is 0 Å². The van der Waals surface area contributed by atoms with Crippen molar-refractivity contribution in [3.8, 4) is 5.75 Å². The van der Waals surface area contributed by atoms with Crippen molar-refractivity contribution in [1.29, 1.82) is 0 Å². The van der Waals surface area contributed by atoms with Gasteiger partial charge in [0.1, 0.15) is 12.4 Å². The largest absolute Gasteiger partial charge is 0.492 e. The fraction of sp³-hybridized carbons (Fsp3) is 0.167. The average Bonchev–Trinajstić information content (AvgIpc) is 3.10. The summed E-state index contributed by atoms with van der Waals surface area (Å²) in [5, 5.41) is 0.990. The van der Waals surface area contributed by atoms with Crippen LogP contribution in [0.5, 0.6) is 5.75 Å². The van der Waals surface area contributed by atoms with Gasteiger partial charge in [-0.15, -0.1) is 0 Å². The van der Waals surface area contributed by atoms with Gasteiger partial charge < -0.3 is 9.72 Å². The number of carbonyl (C=O) groups is 1. The molecule has 3 nitrogen and oxygen atoms in total. The Morgan fingerprint density at radius 3 is 3.00 bits per heavy atom. The zero-order chi connectivity index (χ0) is 14.4. The number of fused-ring (bicyclic) bond motifs is 2. The number of benzene rings is 2. The Kier molecular flexibility index (Phi) is 2.61. The third kappa shape index (κ3) is 1.85. The van der Waals surface area contributed by atoms with E-state index in [0.717, 1.165) is 33.3 Å². The molecule has 1 N–H and O–H groups in total. The second-order valence-corrected chi connectivity index (χ2v) is 5.52. The molecule has 3 heteroatoms. The molecule has 4 rings (SSSR count). The second kappa shape index (κ2) is 4.48. The van der Waals surface area contributed by atoms with E-state index in [4.69, 9.17) is 4.74 Å². The molecule has 1 atom stereocenters. The van der Waals surface area contributed by atoms with Gasteiger partial charge in [0.25, 0.3) is 0 Å². The molecule has 0 aliphatic carbocycles. The molecule has 1 unspecified atom stereocenters. The highest BCUT2D eigenvalue weighted by atomic mass is 16.5. The summed E-state index contributed by atoms with van der Waals surface area (Å²) in [7, 11) is 0. The van der Waals surface area contributed by atoms with Crippen molar-refractivity contribution in [3.63, 3.8) is 0 Å². The van der Waals surface area contributed by atoms with E-state index in [1.807, 2.05) is 49.5 Å². The maximum atomic E-state index is 12.9. The van der Waals surface area contributed by atoms with Crippen LogP contribution in [0.25, 0.3) is 10.9 Å². The van der Waals surface area contributed by atoms with E-state index in [2.05, 4.69) is 11.1 Å². The first-order valence-electron chi connectivity index (χ1n) is 7.08. The summed E-state index contributed by atoms with van der Waals surface area (Å²) in [6, 6.07) is 13.9. The van der Waals surface area contributed by atoms with Gasteiger partial charge in [-0.3, -0.25) is 4.79 Å². The van der Waals surface area contributed by atoms with Gasteiger partial charge in [0, 0.05) is 28.2 Å². The van der Waals surface area contributed by atoms with Gasteiger partial charge in [-0.2, -0.15) is 0 Å². The molecule has 21 heavy (non-hydrogen) atoms. The number of rotatable bonds is 2. The number of carbonyl (C=O) groups excluding carboxylic acids is 1. The Hall–Kier alpha value is -2.55. The Bertz CT molecular complexity index is 847. The first kappa shape index (κ1) is 12.2. The minimum absolute atomic E-state index is 0.122. The van der Waals surface area contributed by atoms with Crippen LogP contribution in [0.2, 0.25) is 0 Å². The first-order valence-corrected chi connectivity index (χ1v) is 7.08. The van der Waals surface area contributed by atoms with Crippen molar-refractivity contribution in [3.05, 3.63) is 65.4 Å². The van der Waals surface area contributed by atoms with Crippen molar-refractivity contribution >= 4 is 16.7 Å². The lowest BCUT2D eigenvalue weighted by Crippen LogP contribution is -2.14. The predicted molar refractivity (Wildman–Crippen MR) is 82.0 cm³/mol. The summed E-state index contributed by atoms with van der Waals surface area (Å²) >= 11 is 0. The van der Waals surface area contributed by atoms with Crippen LogP contribution in [0.15, 0.2) is 48.7 Å². The topological polar surface area (TPSA) is 42.1 Å². The smallest absolute Gasteiger partial charge is 0.176 e. The van der Waals surface area contributed by atoms with Gasteiger partial charge >= 0.3 is 0 Å². The molecule has 104 valence electrons. The first-order chi connectivity index (χ1) is 10.2. The summed E-state index contributed by atoms with van der Waals surface area (Å²) in [6.07, 6.45) is 1.81. The Morgan fingerprint density at radius 1 is 1.24 bits per heavy atom. The van der Waals surface area contributed by atoms with E-state index in [1.165, 1.54) is 0 Å². The Balaban J connectivity index is 1.80. The van der Waals surface area contributed by atoms with Crippen LogP contribution in [0.1, 0.15) is 27.4 Å². The summed E-state index contributed by atoms with van der Waals surface area (Å²) < 4.78 is 5.64. The molecule has 0 spiro atoms. The maximum absolute atomic E-state index is 12.9. The van der Waals surface area contributed by atoms with Gasteiger partial charge in [0.2, 0.25) is 0 Å². The number of ketones is 1. The molecule has 0 bridgehead atoms. The molecular formula is C18H15NO2. The highest BCUT2D eigenvalue weighted by Crippen LogP contribution is 2.36. The molecule has 1 aliphatic rings. The molecule has 0 saturated carbocycles. The predicted octanol–water partition coefficient (Wildman–Crippen LogP) is 3.84. The van der Waals surface area contributed by atoms with E-state index in [-0.39, 0.29) is 11.7 Å². The Labute approximate surface area is 122 Å². The number of hydrogen-bond donors (Lipinski definition) is 1. The SMILES string of the molecule is Cc1ccc2[nH]cc(C(=O)C3COc4ccccc43)c2c1. The molecular weight excluding hydrogens is 262 g/mol. The molecule has 3 aromatic rings. The summed E-state index contributed by atoms with van der Waals surface area (Å²) in [6.45, 7) is 2.46. The second-order valence-electron chi connectivity index (χ2n) is 5.52. The van der Waals surface area contributed by atoms with Gasteiger partial charge in [0.05, 0.1) is 5.92 Å². The minimum atomic E-state index is -0.208. The highest BCUT2D eigenvalue weighted by Gasteiger charge is 2.31. The lowest BCUT2D eigenvalue weighted by molar-refractivity contribution is 0.0949. The van der Waals surface area contributed by atoms with Crippen molar-refractivity contribution in [2.75, 3.05) is 6.61 Å². The number of aromatic amines is 1. The number of H-pyrrole nitrogens is 1. The van der Waals surface area contributed by atoms with E-state index in [1.54, 1.807) is 0 Å². The molecule has 0 radical (unpaired) electrons. The van der Waals surface area contributed by atoms with Crippen LogP contribution in [-0.2, 0) is 0 Å². The summed E-state index contributed by atoms with van der Waals surface area (Å²) in [5.41, 5.74) is 3.89. The van der Waals surface area contributed by atoms with Crippen LogP contribution in [-0.4, -0.2) is 17.4 Å². The maximum Gasteiger partial charge on any atom is 0.176 e. The zero-order valence-electron chi connectivity index (χ0n) is 11.7. The van der Waals surface area contributed by atoms with E-state index >= 15 is 0 Å². The number of aromatic nitrogens is 1. The molecule has 0 saturated heterocycles. The van der Waals surface area contributed by atoms with E-state index in [9.17, 15) is 4.79 Å². The fourth-order valence-corrected chi connectivity index (χ4v) is 3.01. The van der Waals surface area contributed by atoms with Crippen LogP contribution < -0.4 is 4.74 Å². The normalized spacial score (nSPS) is 16.7. The fourth-order valence-electron chi connectivity index (χ4n) is 3.01. The lowest BCUT2D eigenvalue weighted by Gasteiger charge is -2.07. The Morgan fingerprint density at radius 2 is 2.10 bits per heavy atom. The monoisotopic (exact) mass is 277 g/mol. The number of Topliss-reactive ketones (excluding diaryl/α,β-unsaturated/α-hetero) is 1. The standard InChI is InChI=1S/C18H15NO2/c1-11-6-7-16-13(8-11)14(9-19-16)18(20)15-10-21-17-5-3-2-4-12(15)17/h2-9,15,19H,10H2,1H3.